The van der Waals surface area contributed by atoms with Gasteiger partial charge in [-0.15, -0.1) is 0 Å². The van der Waals surface area contributed by atoms with Crippen molar-refractivity contribution < 1.29 is 23.1 Å². The van der Waals surface area contributed by atoms with E-state index in [0.29, 0.717) is 16.8 Å². The fourth-order valence-electron chi connectivity index (χ4n) is 1.92. The van der Waals surface area contributed by atoms with Gasteiger partial charge in [-0.05, 0) is 30.3 Å². The summed E-state index contributed by atoms with van der Waals surface area (Å²) in [7, 11) is 0. The zero-order valence-electron chi connectivity index (χ0n) is 12.7. The normalized spacial score (nSPS) is 10.6. The van der Waals surface area contributed by atoms with Crippen LogP contribution < -0.4 is 15.8 Å². The first-order chi connectivity index (χ1) is 11.9. The maximum atomic E-state index is 12.5. The highest BCUT2D eigenvalue weighted by Crippen LogP contribution is 2.31. The minimum absolute atomic E-state index is 0.0361. The third kappa shape index (κ3) is 5.61. The molecule has 0 bridgehead atoms. The van der Waals surface area contributed by atoms with Gasteiger partial charge >= 0.3 is 0 Å². The van der Waals surface area contributed by atoms with Crippen molar-refractivity contribution in [3.8, 4) is 5.75 Å². The molecule has 0 fully saturated rings. The summed E-state index contributed by atoms with van der Waals surface area (Å²) in [5.41, 5.74) is 5.51. The summed E-state index contributed by atoms with van der Waals surface area (Å²) in [6.07, 6.45) is 0. The van der Waals surface area contributed by atoms with Gasteiger partial charge in [-0.1, -0.05) is 35.5 Å². The van der Waals surface area contributed by atoms with Crippen molar-refractivity contribution in [1.29, 1.82) is 0 Å². The molecule has 0 heterocycles. The van der Waals surface area contributed by atoms with Gasteiger partial charge in [-0.25, -0.2) is 0 Å². The van der Waals surface area contributed by atoms with Gasteiger partial charge in [0, 0.05) is 9.92 Å². The second-order valence-electron chi connectivity index (χ2n) is 4.72. The van der Waals surface area contributed by atoms with Crippen LogP contribution in [0.1, 0.15) is 10.4 Å². The summed E-state index contributed by atoms with van der Waals surface area (Å²) in [5, 5.41) is 2.78. The molecule has 3 N–H and O–H groups in total. The lowest BCUT2D eigenvalue weighted by molar-refractivity contribution is -0.118. The number of hydrogen-bond acceptors (Lipinski definition) is 4. The summed E-state index contributed by atoms with van der Waals surface area (Å²) < 4.78 is 30.3. The number of nitrogens with two attached hydrogens (primary N) is 1. The van der Waals surface area contributed by atoms with Crippen LogP contribution in [-0.4, -0.2) is 24.2 Å². The molecule has 0 unspecified atom stereocenters. The quantitative estimate of drug-likeness (QED) is 0.710. The van der Waals surface area contributed by atoms with E-state index in [1.54, 1.807) is 12.1 Å². The van der Waals surface area contributed by atoms with Gasteiger partial charge < -0.3 is 15.8 Å². The minimum atomic E-state index is -2.61. The van der Waals surface area contributed by atoms with Crippen molar-refractivity contribution in [1.82, 2.24) is 0 Å². The molecular formula is C16H13ClF2N2O3S. The fraction of sp³-hybridized carbons (Fsp3) is 0.125. The van der Waals surface area contributed by atoms with Gasteiger partial charge in [0.1, 0.15) is 5.75 Å². The largest absolute Gasteiger partial charge is 0.483 e. The first-order valence-electron chi connectivity index (χ1n) is 6.92. The minimum Gasteiger partial charge on any atom is -0.483 e. The van der Waals surface area contributed by atoms with Crippen molar-refractivity contribution in [2.24, 2.45) is 5.73 Å². The van der Waals surface area contributed by atoms with Crippen LogP contribution in [-0.2, 0) is 4.79 Å². The first-order valence-corrected chi connectivity index (χ1v) is 8.18. The maximum absolute atomic E-state index is 12.5. The molecule has 9 heteroatoms. The number of para-hydroxylation sites is 1. The Kier molecular flexibility index (Phi) is 6.60. The molecule has 0 aliphatic rings. The van der Waals surface area contributed by atoms with E-state index in [-0.39, 0.29) is 21.9 Å². The Labute approximate surface area is 151 Å². The number of amides is 2. The summed E-state index contributed by atoms with van der Waals surface area (Å²) in [5.74, 6) is -3.84. The molecule has 0 saturated carbocycles. The van der Waals surface area contributed by atoms with Crippen molar-refractivity contribution in [2.45, 2.75) is 10.7 Å². The highest BCUT2D eigenvalue weighted by Gasteiger charge is 2.14. The topological polar surface area (TPSA) is 81.4 Å². The van der Waals surface area contributed by atoms with Crippen LogP contribution in [0, 0.1) is 0 Å². The van der Waals surface area contributed by atoms with E-state index in [1.807, 2.05) is 0 Å². The van der Waals surface area contributed by atoms with E-state index in [1.165, 1.54) is 30.3 Å². The van der Waals surface area contributed by atoms with Crippen LogP contribution >= 0.6 is 23.4 Å². The number of alkyl halides is 2. The van der Waals surface area contributed by atoms with Gasteiger partial charge in [-0.2, -0.15) is 8.78 Å². The predicted molar refractivity (Wildman–Crippen MR) is 92.4 cm³/mol. The summed E-state index contributed by atoms with van der Waals surface area (Å²) in [6.45, 7) is -0.435. The second-order valence-corrected chi connectivity index (χ2v) is 6.18. The van der Waals surface area contributed by atoms with Gasteiger partial charge in [-0.3, -0.25) is 9.59 Å². The van der Waals surface area contributed by atoms with E-state index < -0.39 is 24.2 Å². The van der Waals surface area contributed by atoms with Crippen LogP contribution in [0.2, 0.25) is 5.02 Å². The SMILES string of the molecule is NC(=O)c1cc(Cl)ccc1OCC(=O)Nc1ccccc1SC(F)F. The molecule has 0 saturated heterocycles. The van der Waals surface area contributed by atoms with Crippen molar-refractivity contribution >= 4 is 40.9 Å². The number of halogens is 3. The number of anilines is 1. The highest BCUT2D eigenvalue weighted by atomic mass is 35.5. The lowest BCUT2D eigenvalue weighted by atomic mass is 10.2. The lowest BCUT2D eigenvalue weighted by Crippen LogP contribution is -2.22. The first kappa shape index (κ1) is 19.0. The monoisotopic (exact) mass is 386 g/mol. The second kappa shape index (κ2) is 8.68. The standard InChI is InChI=1S/C16H13ClF2N2O3S/c17-9-5-6-12(10(7-9)15(20)23)24-8-14(22)21-11-3-1-2-4-13(11)25-16(18)19/h1-7,16H,8H2,(H2,20,23)(H,21,22). The Hall–Kier alpha value is -2.32. The number of rotatable bonds is 7. The van der Waals surface area contributed by atoms with E-state index in [9.17, 15) is 18.4 Å². The van der Waals surface area contributed by atoms with Crippen LogP contribution in [0.5, 0.6) is 5.75 Å². The average Bonchev–Trinajstić information content (AvgIpc) is 2.55. The Morgan fingerprint density at radius 1 is 1.24 bits per heavy atom. The van der Waals surface area contributed by atoms with Crippen LogP contribution in [0.25, 0.3) is 0 Å². The molecule has 0 atom stereocenters. The van der Waals surface area contributed by atoms with E-state index in [0.717, 1.165) is 0 Å². The number of carbonyl (C=O) groups is 2. The molecule has 25 heavy (non-hydrogen) atoms. The Morgan fingerprint density at radius 3 is 2.64 bits per heavy atom. The van der Waals surface area contributed by atoms with Crippen molar-refractivity contribution in [3.63, 3.8) is 0 Å². The van der Waals surface area contributed by atoms with Crippen LogP contribution in [0.3, 0.4) is 0 Å². The molecule has 2 rings (SSSR count). The summed E-state index contributed by atoms with van der Waals surface area (Å²) in [4.78, 5) is 23.6. The van der Waals surface area contributed by atoms with Crippen molar-refractivity contribution in [2.75, 3.05) is 11.9 Å². The number of benzene rings is 2. The van der Waals surface area contributed by atoms with E-state index in [4.69, 9.17) is 22.1 Å². The molecule has 0 aliphatic carbocycles. The molecule has 2 aromatic carbocycles. The molecule has 2 amide bonds. The molecule has 0 aliphatic heterocycles. The van der Waals surface area contributed by atoms with Gasteiger partial charge in [0.05, 0.1) is 11.3 Å². The number of thioether (sulfide) groups is 1. The van der Waals surface area contributed by atoms with Crippen LogP contribution in [0.15, 0.2) is 47.4 Å². The number of hydrogen-bond donors (Lipinski definition) is 2. The van der Waals surface area contributed by atoms with Crippen LogP contribution in [0.4, 0.5) is 14.5 Å². The Bertz CT molecular complexity index is 790. The zero-order valence-corrected chi connectivity index (χ0v) is 14.2. The predicted octanol–water partition coefficient (Wildman–Crippen LogP) is 3.77. The lowest BCUT2D eigenvalue weighted by Gasteiger charge is -2.12. The van der Waals surface area contributed by atoms with Gasteiger partial charge in [0.15, 0.2) is 6.61 Å². The van der Waals surface area contributed by atoms with Crippen molar-refractivity contribution in [3.05, 3.63) is 53.1 Å². The third-order valence-electron chi connectivity index (χ3n) is 2.94. The molecule has 5 nitrogen and oxygen atoms in total. The summed E-state index contributed by atoms with van der Waals surface area (Å²) >= 11 is 6.11. The molecule has 0 radical (unpaired) electrons. The van der Waals surface area contributed by atoms with E-state index >= 15 is 0 Å². The molecule has 2 aromatic rings. The maximum Gasteiger partial charge on any atom is 0.288 e. The third-order valence-corrected chi connectivity index (χ3v) is 3.97. The number of ether oxygens (including phenoxy) is 1. The Morgan fingerprint density at radius 2 is 1.96 bits per heavy atom. The Balaban J connectivity index is 2.04. The van der Waals surface area contributed by atoms with Gasteiger partial charge in [0.2, 0.25) is 0 Å². The smallest absolute Gasteiger partial charge is 0.288 e. The number of nitrogens with one attached hydrogen (secondary N) is 1. The summed E-state index contributed by atoms with van der Waals surface area (Å²) in [6, 6.07) is 10.4. The molecule has 0 aromatic heterocycles. The number of primary amides is 1. The molecule has 0 spiro atoms. The molecular weight excluding hydrogens is 374 g/mol. The highest BCUT2D eigenvalue weighted by molar-refractivity contribution is 7.99. The average molecular weight is 387 g/mol. The van der Waals surface area contributed by atoms with Gasteiger partial charge in [0.25, 0.3) is 17.6 Å². The number of carbonyl (C=O) groups excluding carboxylic acids is 2. The fourth-order valence-corrected chi connectivity index (χ4v) is 2.69. The zero-order chi connectivity index (χ0) is 18.4. The van der Waals surface area contributed by atoms with E-state index in [2.05, 4.69) is 5.32 Å². The molecule has 132 valence electrons.